The van der Waals surface area contributed by atoms with Gasteiger partial charge in [0.2, 0.25) is 15.8 Å². The van der Waals surface area contributed by atoms with Crippen LogP contribution in [0.1, 0.15) is 16.2 Å². The van der Waals surface area contributed by atoms with Gasteiger partial charge in [-0.2, -0.15) is 4.98 Å². The number of nitrogens with one attached hydrogen (secondary N) is 1. The Hall–Kier alpha value is -2.75. The number of carbonyl (C=O) groups is 1. The number of sulfonamides is 1. The molecule has 0 aliphatic rings. The summed E-state index contributed by atoms with van der Waals surface area (Å²) in [6, 6.07) is 13.4. The minimum absolute atomic E-state index is 0.148. The lowest BCUT2D eigenvalue weighted by Gasteiger charge is -2.11. The third-order valence-corrected chi connectivity index (χ3v) is 6.21. The fraction of sp³-hybridized carbons (Fsp3) is 0.211. The monoisotopic (exact) mass is 434 g/mol. The van der Waals surface area contributed by atoms with Gasteiger partial charge in [0.15, 0.2) is 0 Å². The first kappa shape index (κ1) is 21.0. The van der Waals surface area contributed by atoms with Gasteiger partial charge in [0, 0.05) is 31.2 Å². The molecule has 0 unspecified atom stereocenters. The SMILES string of the molecule is CN(C)S(=O)(=O)c1ccc(-c2noc(C(=O)NCCc3ccc(Cl)cc3)n2)cc1. The van der Waals surface area contributed by atoms with E-state index in [1.54, 1.807) is 24.3 Å². The van der Waals surface area contributed by atoms with E-state index in [4.69, 9.17) is 16.1 Å². The summed E-state index contributed by atoms with van der Waals surface area (Å²) in [5.41, 5.74) is 1.57. The third kappa shape index (κ3) is 5.00. The highest BCUT2D eigenvalue weighted by Gasteiger charge is 2.19. The number of rotatable bonds is 7. The number of nitrogens with zero attached hydrogens (tertiary/aromatic N) is 3. The summed E-state index contributed by atoms with van der Waals surface area (Å²) >= 11 is 5.84. The van der Waals surface area contributed by atoms with Crippen molar-refractivity contribution >= 4 is 27.5 Å². The highest BCUT2D eigenvalue weighted by atomic mass is 35.5. The smallest absolute Gasteiger partial charge is 0.316 e. The maximum absolute atomic E-state index is 12.2. The highest BCUT2D eigenvalue weighted by Crippen LogP contribution is 2.20. The Kier molecular flexibility index (Phi) is 6.31. The molecule has 3 aromatic rings. The Morgan fingerprint density at radius 3 is 2.38 bits per heavy atom. The first-order chi connectivity index (χ1) is 13.8. The van der Waals surface area contributed by atoms with Crippen molar-refractivity contribution in [3.8, 4) is 11.4 Å². The van der Waals surface area contributed by atoms with Crippen molar-refractivity contribution in [2.75, 3.05) is 20.6 Å². The highest BCUT2D eigenvalue weighted by molar-refractivity contribution is 7.89. The normalized spacial score (nSPS) is 11.6. The van der Waals surface area contributed by atoms with Gasteiger partial charge in [0.1, 0.15) is 0 Å². The number of hydrogen-bond acceptors (Lipinski definition) is 6. The third-order valence-electron chi connectivity index (χ3n) is 4.12. The first-order valence-electron chi connectivity index (χ1n) is 8.66. The maximum atomic E-state index is 12.2. The van der Waals surface area contributed by atoms with Crippen molar-refractivity contribution in [3.63, 3.8) is 0 Å². The molecule has 0 fully saturated rings. The molecule has 0 aliphatic heterocycles. The molecule has 3 rings (SSSR count). The lowest BCUT2D eigenvalue weighted by molar-refractivity contribution is 0.0910. The molecule has 0 saturated carbocycles. The van der Waals surface area contributed by atoms with Crippen LogP contribution in [-0.2, 0) is 16.4 Å². The molecule has 0 aliphatic carbocycles. The van der Waals surface area contributed by atoms with Crippen molar-refractivity contribution in [1.82, 2.24) is 19.8 Å². The van der Waals surface area contributed by atoms with Crippen molar-refractivity contribution in [2.45, 2.75) is 11.3 Å². The standard InChI is InChI=1S/C19H19ClN4O4S/c1-24(2)29(26,27)16-9-5-14(6-10-16)17-22-19(28-23-17)18(25)21-12-11-13-3-7-15(20)8-4-13/h3-10H,11-12H2,1-2H3,(H,21,25). The molecule has 1 amide bonds. The van der Waals surface area contributed by atoms with E-state index in [2.05, 4.69) is 15.5 Å². The van der Waals surface area contributed by atoms with Crippen LogP contribution in [0, 0.1) is 0 Å². The Labute approximate surface area is 173 Å². The van der Waals surface area contributed by atoms with Crippen LogP contribution < -0.4 is 5.32 Å². The van der Waals surface area contributed by atoms with Gasteiger partial charge >= 0.3 is 11.8 Å². The van der Waals surface area contributed by atoms with Gasteiger partial charge in [-0.1, -0.05) is 28.9 Å². The predicted octanol–water partition coefficient (Wildman–Crippen LogP) is 2.61. The van der Waals surface area contributed by atoms with E-state index < -0.39 is 15.9 Å². The van der Waals surface area contributed by atoms with Gasteiger partial charge in [0.05, 0.1) is 4.90 Å². The molecule has 29 heavy (non-hydrogen) atoms. The van der Waals surface area contributed by atoms with Crippen LogP contribution in [0.2, 0.25) is 5.02 Å². The summed E-state index contributed by atoms with van der Waals surface area (Å²) in [5, 5.41) is 7.16. The summed E-state index contributed by atoms with van der Waals surface area (Å²) < 4.78 is 30.4. The van der Waals surface area contributed by atoms with Crippen LogP contribution in [0.25, 0.3) is 11.4 Å². The Bertz CT molecular complexity index is 1090. The van der Waals surface area contributed by atoms with Crippen LogP contribution in [0.5, 0.6) is 0 Å². The summed E-state index contributed by atoms with van der Waals surface area (Å²) in [5.74, 6) is -0.452. The molecule has 0 bridgehead atoms. The van der Waals surface area contributed by atoms with Gasteiger partial charge in [-0.3, -0.25) is 4.79 Å². The maximum Gasteiger partial charge on any atom is 0.316 e. The first-order valence-corrected chi connectivity index (χ1v) is 10.5. The molecule has 0 atom stereocenters. The van der Waals surface area contributed by atoms with Crippen molar-refractivity contribution in [2.24, 2.45) is 0 Å². The lowest BCUT2D eigenvalue weighted by Crippen LogP contribution is -2.26. The van der Waals surface area contributed by atoms with Crippen LogP contribution in [0.15, 0.2) is 57.9 Å². The lowest BCUT2D eigenvalue weighted by atomic mass is 10.1. The quantitative estimate of drug-likeness (QED) is 0.612. The summed E-state index contributed by atoms with van der Waals surface area (Å²) in [6.45, 7) is 0.398. The van der Waals surface area contributed by atoms with E-state index in [1.807, 2.05) is 12.1 Å². The Morgan fingerprint density at radius 2 is 1.76 bits per heavy atom. The second kappa shape index (κ2) is 8.73. The average Bonchev–Trinajstić information content (AvgIpc) is 3.20. The number of carbonyl (C=O) groups excluding carboxylic acids is 1. The number of benzene rings is 2. The molecule has 1 heterocycles. The molecule has 0 spiro atoms. The zero-order chi connectivity index (χ0) is 21.0. The van der Waals surface area contributed by atoms with Crippen molar-refractivity contribution in [3.05, 3.63) is 65.0 Å². The Morgan fingerprint density at radius 1 is 1.10 bits per heavy atom. The predicted molar refractivity (Wildman–Crippen MR) is 108 cm³/mol. The van der Waals surface area contributed by atoms with Gasteiger partial charge in [-0.25, -0.2) is 12.7 Å². The summed E-state index contributed by atoms with van der Waals surface area (Å²) in [6.07, 6.45) is 0.631. The van der Waals surface area contributed by atoms with E-state index in [0.717, 1.165) is 9.87 Å². The van der Waals surface area contributed by atoms with Crippen molar-refractivity contribution < 1.29 is 17.7 Å². The largest absolute Gasteiger partial charge is 0.347 e. The van der Waals surface area contributed by atoms with E-state index in [0.29, 0.717) is 23.6 Å². The minimum Gasteiger partial charge on any atom is -0.347 e. The van der Waals surface area contributed by atoms with E-state index in [1.165, 1.54) is 26.2 Å². The molecule has 1 aromatic heterocycles. The van der Waals surface area contributed by atoms with E-state index in [9.17, 15) is 13.2 Å². The second-order valence-corrected chi connectivity index (χ2v) is 8.96. The molecule has 0 saturated heterocycles. The number of amides is 1. The van der Waals surface area contributed by atoms with Gasteiger partial charge < -0.3 is 9.84 Å². The van der Waals surface area contributed by atoms with Gasteiger partial charge in [-0.15, -0.1) is 0 Å². The number of halogens is 1. The van der Waals surface area contributed by atoms with Crippen LogP contribution in [0.4, 0.5) is 0 Å². The van der Waals surface area contributed by atoms with Gasteiger partial charge in [0.25, 0.3) is 0 Å². The fourth-order valence-corrected chi connectivity index (χ4v) is 3.49. The van der Waals surface area contributed by atoms with Crippen LogP contribution >= 0.6 is 11.6 Å². The number of hydrogen-bond donors (Lipinski definition) is 1. The molecular weight excluding hydrogens is 416 g/mol. The second-order valence-electron chi connectivity index (χ2n) is 6.37. The van der Waals surface area contributed by atoms with E-state index in [-0.39, 0.29) is 16.6 Å². The van der Waals surface area contributed by atoms with E-state index >= 15 is 0 Å². The minimum atomic E-state index is -3.52. The summed E-state index contributed by atoms with van der Waals surface area (Å²) in [4.78, 5) is 16.4. The molecular formula is C19H19ClN4O4S. The fourth-order valence-electron chi connectivity index (χ4n) is 2.47. The topological polar surface area (TPSA) is 105 Å². The molecule has 8 nitrogen and oxygen atoms in total. The van der Waals surface area contributed by atoms with Gasteiger partial charge in [-0.05, 0) is 48.4 Å². The molecule has 10 heteroatoms. The average molecular weight is 435 g/mol. The zero-order valence-corrected chi connectivity index (χ0v) is 17.4. The molecule has 2 aromatic carbocycles. The van der Waals surface area contributed by atoms with Crippen molar-refractivity contribution in [1.29, 1.82) is 0 Å². The number of aromatic nitrogens is 2. The molecule has 152 valence electrons. The van der Waals surface area contributed by atoms with Crippen LogP contribution in [0.3, 0.4) is 0 Å². The Balaban J connectivity index is 1.62. The molecule has 0 radical (unpaired) electrons. The summed E-state index contributed by atoms with van der Waals surface area (Å²) in [7, 11) is -0.605. The zero-order valence-electron chi connectivity index (χ0n) is 15.8. The van der Waals surface area contributed by atoms with Crippen LogP contribution in [-0.4, -0.2) is 49.4 Å². The molecule has 1 N–H and O–H groups in total.